The number of carboxylic acid groups (broad SMARTS) is 1. The largest absolute Gasteiger partial charge is 0.480 e. The van der Waals surface area contributed by atoms with Crippen LogP contribution in [-0.2, 0) is 4.79 Å². The zero-order valence-corrected chi connectivity index (χ0v) is 11.9. The summed E-state index contributed by atoms with van der Waals surface area (Å²) in [5.41, 5.74) is 0. The standard InChI is InChI=1S/C11H18ClN5O2/c1-4-5-7(8(18)19)14-11-16-9(12)15-10(17-11)13-6(2)3/h6-7H,4-5H2,1-3H3,(H,18,19)(H2,13,14,15,16,17). The Hall–Kier alpha value is -1.63. The first-order valence-corrected chi connectivity index (χ1v) is 6.47. The Bertz CT molecular complexity index is 441. The lowest BCUT2D eigenvalue weighted by Gasteiger charge is -2.14. The van der Waals surface area contributed by atoms with E-state index in [1.165, 1.54) is 0 Å². The van der Waals surface area contributed by atoms with E-state index in [2.05, 4.69) is 25.6 Å². The molecule has 19 heavy (non-hydrogen) atoms. The zero-order chi connectivity index (χ0) is 14.4. The van der Waals surface area contributed by atoms with Gasteiger partial charge in [0.15, 0.2) is 0 Å². The van der Waals surface area contributed by atoms with Crippen molar-refractivity contribution in [2.45, 2.75) is 45.7 Å². The van der Waals surface area contributed by atoms with E-state index in [-0.39, 0.29) is 17.3 Å². The number of aromatic nitrogens is 3. The maximum atomic E-state index is 11.1. The third-order valence-electron chi connectivity index (χ3n) is 2.20. The highest BCUT2D eigenvalue weighted by atomic mass is 35.5. The summed E-state index contributed by atoms with van der Waals surface area (Å²) in [6.45, 7) is 5.77. The molecule has 1 rings (SSSR count). The number of nitrogens with one attached hydrogen (secondary N) is 2. The molecule has 0 aromatic carbocycles. The average molecular weight is 288 g/mol. The van der Waals surface area contributed by atoms with Gasteiger partial charge in [0.2, 0.25) is 17.2 Å². The molecule has 0 aliphatic rings. The van der Waals surface area contributed by atoms with Crippen LogP contribution in [0.4, 0.5) is 11.9 Å². The molecule has 0 spiro atoms. The summed E-state index contributed by atoms with van der Waals surface area (Å²) >= 11 is 5.78. The molecule has 0 bridgehead atoms. The van der Waals surface area contributed by atoms with Crippen LogP contribution in [0.15, 0.2) is 0 Å². The Balaban J connectivity index is 2.87. The molecule has 0 amide bonds. The van der Waals surface area contributed by atoms with Crippen molar-refractivity contribution in [2.24, 2.45) is 0 Å². The van der Waals surface area contributed by atoms with Gasteiger partial charge in [0.05, 0.1) is 0 Å². The SMILES string of the molecule is CCCC(Nc1nc(Cl)nc(NC(C)C)n1)C(=O)O. The molecule has 8 heteroatoms. The predicted molar refractivity (Wildman–Crippen MR) is 73.6 cm³/mol. The number of aliphatic carboxylic acids is 1. The Kier molecular flexibility index (Phi) is 5.75. The van der Waals surface area contributed by atoms with E-state index in [4.69, 9.17) is 16.7 Å². The molecule has 1 heterocycles. The van der Waals surface area contributed by atoms with Crippen molar-refractivity contribution in [3.8, 4) is 0 Å². The second kappa shape index (κ2) is 7.08. The molecule has 1 unspecified atom stereocenters. The quantitative estimate of drug-likeness (QED) is 0.705. The lowest BCUT2D eigenvalue weighted by Crippen LogP contribution is -2.30. The Morgan fingerprint density at radius 2 is 1.84 bits per heavy atom. The van der Waals surface area contributed by atoms with E-state index < -0.39 is 12.0 Å². The van der Waals surface area contributed by atoms with Gasteiger partial charge in [-0.05, 0) is 31.9 Å². The van der Waals surface area contributed by atoms with Crippen LogP contribution >= 0.6 is 11.6 Å². The van der Waals surface area contributed by atoms with Crippen molar-refractivity contribution < 1.29 is 9.90 Å². The van der Waals surface area contributed by atoms with Gasteiger partial charge in [-0.2, -0.15) is 15.0 Å². The summed E-state index contributed by atoms with van der Waals surface area (Å²) in [7, 11) is 0. The Morgan fingerprint density at radius 3 is 2.32 bits per heavy atom. The van der Waals surface area contributed by atoms with Gasteiger partial charge in [0, 0.05) is 6.04 Å². The summed E-state index contributed by atoms with van der Waals surface area (Å²) in [4.78, 5) is 22.9. The van der Waals surface area contributed by atoms with Crippen LogP contribution < -0.4 is 10.6 Å². The molecular formula is C11H18ClN5O2. The van der Waals surface area contributed by atoms with Gasteiger partial charge in [-0.25, -0.2) is 4.79 Å². The summed E-state index contributed by atoms with van der Waals surface area (Å²) in [6.07, 6.45) is 1.21. The number of nitrogens with zero attached hydrogens (tertiary/aromatic N) is 3. The maximum Gasteiger partial charge on any atom is 0.326 e. The van der Waals surface area contributed by atoms with Gasteiger partial charge in [-0.1, -0.05) is 13.3 Å². The first-order chi connectivity index (χ1) is 8.92. The normalized spacial score (nSPS) is 12.3. The minimum atomic E-state index is -0.947. The van der Waals surface area contributed by atoms with Crippen molar-refractivity contribution in [3.05, 3.63) is 5.28 Å². The molecule has 0 saturated carbocycles. The van der Waals surface area contributed by atoms with Crippen LogP contribution in [0, 0.1) is 0 Å². The van der Waals surface area contributed by atoms with Crippen LogP contribution in [0.1, 0.15) is 33.6 Å². The van der Waals surface area contributed by atoms with E-state index >= 15 is 0 Å². The first-order valence-electron chi connectivity index (χ1n) is 6.09. The second-order valence-electron chi connectivity index (χ2n) is 4.37. The molecule has 0 aliphatic heterocycles. The molecular weight excluding hydrogens is 270 g/mol. The van der Waals surface area contributed by atoms with Crippen LogP contribution in [0.2, 0.25) is 5.28 Å². The molecule has 0 radical (unpaired) electrons. The van der Waals surface area contributed by atoms with E-state index in [9.17, 15) is 4.79 Å². The Labute approximate surface area is 116 Å². The average Bonchev–Trinajstić information content (AvgIpc) is 2.26. The van der Waals surface area contributed by atoms with Crippen molar-refractivity contribution in [3.63, 3.8) is 0 Å². The molecule has 1 aromatic heterocycles. The van der Waals surface area contributed by atoms with Gasteiger partial charge >= 0.3 is 5.97 Å². The highest BCUT2D eigenvalue weighted by molar-refractivity contribution is 6.28. The van der Waals surface area contributed by atoms with Gasteiger partial charge in [0.1, 0.15) is 6.04 Å². The van der Waals surface area contributed by atoms with Crippen molar-refractivity contribution in [1.82, 2.24) is 15.0 Å². The third kappa shape index (κ3) is 5.25. The minimum absolute atomic E-state index is 0.0151. The molecule has 7 nitrogen and oxygen atoms in total. The summed E-state index contributed by atoms with van der Waals surface area (Å²) in [5, 5.41) is 14.8. The summed E-state index contributed by atoms with van der Waals surface area (Å²) < 4.78 is 0. The first kappa shape index (κ1) is 15.4. The smallest absolute Gasteiger partial charge is 0.326 e. The van der Waals surface area contributed by atoms with Gasteiger partial charge in [-0.3, -0.25) is 0 Å². The van der Waals surface area contributed by atoms with Crippen LogP contribution in [0.25, 0.3) is 0 Å². The molecule has 106 valence electrons. The Morgan fingerprint density at radius 1 is 1.26 bits per heavy atom. The fraction of sp³-hybridized carbons (Fsp3) is 0.636. The molecule has 0 saturated heterocycles. The van der Waals surface area contributed by atoms with Gasteiger partial charge in [0.25, 0.3) is 0 Å². The number of hydrogen-bond donors (Lipinski definition) is 3. The predicted octanol–water partition coefficient (Wildman–Crippen LogP) is 2.01. The topological polar surface area (TPSA) is 100 Å². The monoisotopic (exact) mass is 287 g/mol. The fourth-order valence-electron chi connectivity index (χ4n) is 1.44. The summed E-state index contributed by atoms with van der Waals surface area (Å²) in [6, 6.07) is -0.604. The number of anilines is 2. The molecule has 1 aromatic rings. The molecule has 0 fully saturated rings. The summed E-state index contributed by atoms with van der Waals surface area (Å²) in [5.74, 6) is -0.473. The fourth-order valence-corrected chi connectivity index (χ4v) is 1.60. The van der Waals surface area contributed by atoms with Crippen LogP contribution in [0.5, 0.6) is 0 Å². The van der Waals surface area contributed by atoms with Gasteiger partial charge in [-0.15, -0.1) is 0 Å². The van der Waals surface area contributed by atoms with Crippen LogP contribution in [-0.4, -0.2) is 38.1 Å². The van der Waals surface area contributed by atoms with Crippen molar-refractivity contribution >= 4 is 29.5 Å². The zero-order valence-electron chi connectivity index (χ0n) is 11.1. The molecule has 3 N–H and O–H groups in total. The number of rotatable bonds is 7. The van der Waals surface area contributed by atoms with E-state index in [1.807, 2.05) is 20.8 Å². The lowest BCUT2D eigenvalue weighted by atomic mass is 10.2. The van der Waals surface area contributed by atoms with Crippen molar-refractivity contribution in [1.29, 1.82) is 0 Å². The van der Waals surface area contributed by atoms with Crippen molar-refractivity contribution in [2.75, 3.05) is 10.6 Å². The highest BCUT2D eigenvalue weighted by Gasteiger charge is 2.18. The van der Waals surface area contributed by atoms with E-state index in [1.54, 1.807) is 0 Å². The molecule has 0 aliphatic carbocycles. The lowest BCUT2D eigenvalue weighted by molar-refractivity contribution is -0.138. The maximum absolute atomic E-state index is 11.1. The van der Waals surface area contributed by atoms with Gasteiger partial charge < -0.3 is 15.7 Å². The minimum Gasteiger partial charge on any atom is -0.480 e. The number of halogens is 1. The second-order valence-corrected chi connectivity index (χ2v) is 4.71. The van der Waals surface area contributed by atoms with E-state index in [0.29, 0.717) is 12.4 Å². The molecule has 1 atom stereocenters. The number of carbonyl (C=O) groups is 1. The van der Waals surface area contributed by atoms with Crippen LogP contribution in [0.3, 0.4) is 0 Å². The van der Waals surface area contributed by atoms with E-state index in [0.717, 1.165) is 6.42 Å². The number of hydrogen-bond acceptors (Lipinski definition) is 6. The third-order valence-corrected chi connectivity index (χ3v) is 2.37. The highest BCUT2D eigenvalue weighted by Crippen LogP contribution is 2.12. The number of carboxylic acids is 1.